The number of nitrogens with zero attached hydrogens (tertiary/aromatic N) is 2. The Balaban J connectivity index is 2.33. The summed E-state index contributed by atoms with van der Waals surface area (Å²) in [7, 11) is 0. The molecule has 0 aromatic rings. The van der Waals surface area contributed by atoms with Crippen molar-refractivity contribution in [2.24, 2.45) is 22.0 Å². The second kappa shape index (κ2) is 1.43. The van der Waals surface area contributed by atoms with Gasteiger partial charge in [0.15, 0.2) is 0 Å². The second-order valence-corrected chi connectivity index (χ2v) is 2.93. The maximum absolute atomic E-state index is 4.04. The summed E-state index contributed by atoms with van der Waals surface area (Å²) in [6, 6.07) is 0. The van der Waals surface area contributed by atoms with Crippen LogP contribution in [0.5, 0.6) is 0 Å². The van der Waals surface area contributed by atoms with Gasteiger partial charge in [0.1, 0.15) is 0 Å². The van der Waals surface area contributed by atoms with E-state index in [0.29, 0.717) is 0 Å². The van der Waals surface area contributed by atoms with E-state index in [9.17, 15) is 0 Å². The van der Waals surface area contributed by atoms with Crippen LogP contribution in [0.1, 0.15) is 20.3 Å². The minimum Gasteiger partial charge on any atom is -0.160 e. The van der Waals surface area contributed by atoms with Crippen LogP contribution in [0.15, 0.2) is 10.2 Å². The largest absolute Gasteiger partial charge is 0.160 e. The maximum Gasteiger partial charge on any atom is 0.0412 e. The first kappa shape index (κ1) is 5.15. The molecular formula is C7H10N2. The topological polar surface area (TPSA) is 24.7 Å². The van der Waals surface area contributed by atoms with Gasteiger partial charge in [0.25, 0.3) is 0 Å². The van der Waals surface area contributed by atoms with Crippen molar-refractivity contribution in [1.29, 1.82) is 0 Å². The molecule has 1 saturated carbocycles. The standard InChI is InChI=1S/C7H10N2/c1-4-6-3-7(6)5(2)9-8-4/h6-7H,3H2,1-2H3. The van der Waals surface area contributed by atoms with E-state index in [2.05, 4.69) is 24.1 Å². The number of fused-ring (bicyclic) bond motifs is 1. The summed E-state index contributed by atoms with van der Waals surface area (Å²) in [6.07, 6.45) is 1.30. The lowest BCUT2D eigenvalue weighted by Crippen LogP contribution is -2.07. The highest BCUT2D eigenvalue weighted by Crippen LogP contribution is 2.42. The lowest BCUT2D eigenvalue weighted by Gasteiger charge is -2.02. The Bertz CT molecular complexity index is 181. The Morgan fingerprint density at radius 2 is 1.56 bits per heavy atom. The van der Waals surface area contributed by atoms with Crippen molar-refractivity contribution >= 4 is 11.4 Å². The molecule has 2 aliphatic rings. The van der Waals surface area contributed by atoms with Crippen LogP contribution < -0.4 is 0 Å². The summed E-state index contributed by atoms with van der Waals surface area (Å²) in [5, 5.41) is 8.08. The molecule has 1 aliphatic carbocycles. The minimum absolute atomic E-state index is 0.766. The molecule has 2 nitrogen and oxygen atoms in total. The summed E-state index contributed by atoms with van der Waals surface area (Å²) in [4.78, 5) is 0. The Kier molecular flexibility index (Phi) is 0.821. The molecule has 0 spiro atoms. The molecule has 0 amide bonds. The maximum atomic E-state index is 4.04. The summed E-state index contributed by atoms with van der Waals surface area (Å²) in [6.45, 7) is 4.14. The van der Waals surface area contributed by atoms with Crippen LogP contribution in [0.25, 0.3) is 0 Å². The van der Waals surface area contributed by atoms with Crippen molar-refractivity contribution in [2.75, 3.05) is 0 Å². The van der Waals surface area contributed by atoms with Crippen molar-refractivity contribution in [3.8, 4) is 0 Å². The fourth-order valence-corrected chi connectivity index (χ4v) is 1.42. The average Bonchev–Trinajstić information content (AvgIpc) is 2.57. The van der Waals surface area contributed by atoms with E-state index in [4.69, 9.17) is 0 Å². The van der Waals surface area contributed by atoms with Gasteiger partial charge in [-0.3, -0.25) is 0 Å². The van der Waals surface area contributed by atoms with E-state index < -0.39 is 0 Å². The Labute approximate surface area is 54.7 Å². The van der Waals surface area contributed by atoms with Crippen molar-refractivity contribution in [3.05, 3.63) is 0 Å². The van der Waals surface area contributed by atoms with E-state index in [1.807, 2.05) is 0 Å². The molecule has 0 bridgehead atoms. The fraction of sp³-hybridized carbons (Fsp3) is 0.714. The summed E-state index contributed by atoms with van der Waals surface area (Å²) in [5.74, 6) is 1.53. The molecular weight excluding hydrogens is 112 g/mol. The zero-order valence-corrected chi connectivity index (χ0v) is 5.76. The van der Waals surface area contributed by atoms with Gasteiger partial charge in [-0.25, -0.2) is 0 Å². The average molecular weight is 122 g/mol. The molecule has 2 heteroatoms. The molecule has 1 aliphatic heterocycles. The Hall–Kier alpha value is -0.660. The Morgan fingerprint density at radius 1 is 1.11 bits per heavy atom. The third kappa shape index (κ3) is 0.622. The van der Waals surface area contributed by atoms with Gasteiger partial charge in [0.2, 0.25) is 0 Å². The van der Waals surface area contributed by atoms with Gasteiger partial charge >= 0.3 is 0 Å². The SMILES string of the molecule is CC1=NN=C(C)C2CC12. The molecule has 0 radical (unpaired) electrons. The van der Waals surface area contributed by atoms with Crippen LogP contribution in [0, 0.1) is 11.8 Å². The Morgan fingerprint density at radius 3 is 2.00 bits per heavy atom. The highest BCUT2D eigenvalue weighted by atomic mass is 15.2. The minimum atomic E-state index is 0.766. The number of rotatable bonds is 0. The third-order valence-electron chi connectivity index (χ3n) is 2.23. The normalized spacial score (nSPS) is 38.9. The number of hydrogen-bond acceptors (Lipinski definition) is 2. The molecule has 0 aromatic carbocycles. The van der Waals surface area contributed by atoms with Gasteiger partial charge in [-0.15, -0.1) is 0 Å². The molecule has 0 N–H and O–H groups in total. The zero-order valence-electron chi connectivity index (χ0n) is 5.76. The molecule has 9 heavy (non-hydrogen) atoms. The highest BCUT2D eigenvalue weighted by molar-refractivity contribution is 6.00. The lowest BCUT2D eigenvalue weighted by atomic mass is 10.1. The molecule has 1 heterocycles. The van der Waals surface area contributed by atoms with Crippen LogP contribution in [0.2, 0.25) is 0 Å². The molecule has 2 unspecified atom stereocenters. The van der Waals surface area contributed by atoms with Gasteiger partial charge in [-0.2, -0.15) is 10.2 Å². The van der Waals surface area contributed by atoms with E-state index in [0.717, 1.165) is 11.8 Å². The van der Waals surface area contributed by atoms with Crippen LogP contribution in [0.3, 0.4) is 0 Å². The third-order valence-corrected chi connectivity index (χ3v) is 2.23. The first-order valence-electron chi connectivity index (χ1n) is 3.37. The molecule has 48 valence electrons. The monoisotopic (exact) mass is 122 g/mol. The summed E-state index contributed by atoms with van der Waals surface area (Å²) in [5.41, 5.74) is 2.45. The van der Waals surface area contributed by atoms with Gasteiger partial charge in [-0.1, -0.05) is 0 Å². The summed E-state index contributed by atoms with van der Waals surface area (Å²) < 4.78 is 0. The molecule has 1 fully saturated rings. The van der Waals surface area contributed by atoms with Gasteiger partial charge in [-0.05, 0) is 20.3 Å². The van der Waals surface area contributed by atoms with Crippen LogP contribution in [-0.2, 0) is 0 Å². The molecule has 2 rings (SSSR count). The van der Waals surface area contributed by atoms with Crippen molar-refractivity contribution in [2.45, 2.75) is 20.3 Å². The fourth-order valence-electron chi connectivity index (χ4n) is 1.42. The smallest absolute Gasteiger partial charge is 0.0412 e. The van der Waals surface area contributed by atoms with Crippen LogP contribution in [0.4, 0.5) is 0 Å². The van der Waals surface area contributed by atoms with Crippen LogP contribution >= 0.6 is 0 Å². The second-order valence-electron chi connectivity index (χ2n) is 2.93. The van der Waals surface area contributed by atoms with E-state index >= 15 is 0 Å². The van der Waals surface area contributed by atoms with Crippen molar-refractivity contribution in [1.82, 2.24) is 0 Å². The van der Waals surface area contributed by atoms with Gasteiger partial charge in [0, 0.05) is 23.3 Å². The lowest BCUT2D eigenvalue weighted by molar-refractivity contribution is 0.986. The molecule has 0 aromatic heterocycles. The predicted octanol–water partition coefficient (Wildman–Crippen LogP) is 1.47. The van der Waals surface area contributed by atoms with Gasteiger partial charge < -0.3 is 0 Å². The number of hydrogen-bond donors (Lipinski definition) is 0. The first-order valence-corrected chi connectivity index (χ1v) is 3.37. The molecule has 2 atom stereocenters. The van der Waals surface area contributed by atoms with Gasteiger partial charge in [0.05, 0.1) is 0 Å². The first-order chi connectivity index (χ1) is 4.29. The van der Waals surface area contributed by atoms with E-state index in [-0.39, 0.29) is 0 Å². The quantitative estimate of drug-likeness (QED) is 0.465. The highest BCUT2D eigenvalue weighted by Gasteiger charge is 2.43. The predicted molar refractivity (Wildman–Crippen MR) is 37.8 cm³/mol. The summed E-state index contributed by atoms with van der Waals surface area (Å²) >= 11 is 0. The zero-order chi connectivity index (χ0) is 6.43. The van der Waals surface area contributed by atoms with Crippen molar-refractivity contribution in [3.63, 3.8) is 0 Å². The molecule has 0 saturated heterocycles. The van der Waals surface area contributed by atoms with Crippen LogP contribution in [-0.4, -0.2) is 11.4 Å². The van der Waals surface area contributed by atoms with Crippen molar-refractivity contribution < 1.29 is 0 Å². The van der Waals surface area contributed by atoms with E-state index in [1.54, 1.807) is 0 Å². The van der Waals surface area contributed by atoms with E-state index in [1.165, 1.54) is 17.8 Å².